The monoisotopic (exact) mass is 516 g/mol. The summed E-state index contributed by atoms with van der Waals surface area (Å²) in [7, 11) is 0. The number of isocyanates is 4. The van der Waals surface area contributed by atoms with Gasteiger partial charge in [-0.3, -0.25) is 20.2 Å². The fourth-order valence-corrected chi connectivity index (χ4v) is 2.93. The molecule has 16 heteroatoms. The van der Waals surface area contributed by atoms with Crippen LogP contribution < -0.4 is 9.47 Å². The van der Waals surface area contributed by atoms with Crippen LogP contribution in [0, 0.1) is 20.2 Å². The Bertz CT molecular complexity index is 1540. The SMILES string of the molecule is O=C=Nc1ccc(Oc2cc(Oc3ccc(N=C=O)cc3N=C=O)c([N+](=O)[O-])cc2[N+](=O)[O-])c(N=C=O)c1. The van der Waals surface area contributed by atoms with Gasteiger partial charge in [0.2, 0.25) is 35.8 Å². The summed E-state index contributed by atoms with van der Waals surface area (Å²) in [6.45, 7) is 0. The van der Waals surface area contributed by atoms with Crippen molar-refractivity contribution in [3.05, 3.63) is 68.8 Å². The lowest BCUT2D eigenvalue weighted by Gasteiger charge is -2.12. The number of nitrogens with zero attached hydrogens (tertiary/aromatic N) is 6. The van der Waals surface area contributed by atoms with Crippen molar-refractivity contribution < 1.29 is 38.5 Å². The molecule has 0 bridgehead atoms. The predicted octanol–water partition coefficient (Wildman–Crippen LogP) is 4.96. The van der Waals surface area contributed by atoms with Gasteiger partial charge in [-0.15, -0.1) is 0 Å². The molecular weight excluding hydrogens is 508 g/mol. The third-order valence-electron chi connectivity index (χ3n) is 4.44. The second-order valence-corrected chi connectivity index (χ2v) is 6.62. The van der Waals surface area contributed by atoms with Crippen molar-refractivity contribution in [2.45, 2.75) is 0 Å². The lowest BCUT2D eigenvalue weighted by molar-refractivity contribution is -0.395. The molecule has 16 nitrogen and oxygen atoms in total. The average molecular weight is 516 g/mol. The van der Waals surface area contributed by atoms with Crippen LogP contribution in [-0.2, 0) is 19.2 Å². The first-order valence-corrected chi connectivity index (χ1v) is 9.73. The van der Waals surface area contributed by atoms with Gasteiger partial charge in [0.25, 0.3) is 0 Å². The molecule has 0 atom stereocenters. The third kappa shape index (κ3) is 5.98. The molecule has 38 heavy (non-hydrogen) atoms. The molecule has 3 aromatic rings. The maximum Gasteiger partial charge on any atom is 0.318 e. The lowest BCUT2D eigenvalue weighted by atomic mass is 10.2. The molecule has 186 valence electrons. The van der Waals surface area contributed by atoms with E-state index in [1.54, 1.807) is 0 Å². The summed E-state index contributed by atoms with van der Waals surface area (Å²) in [6.07, 6.45) is 5.07. The normalized spacial score (nSPS) is 9.47. The summed E-state index contributed by atoms with van der Waals surface area (Å²) in [6, 6.07) is 8.43. The molecule has 0 aliphatic heterocycles. The van der Waals surface area contributed by atoms with E-state index in [1.807, 2.05) is 0 Å². The van der Waals surface area contributed by atoms with Crippen LogP contribution in [0.5, 0.6) is 23.0 Å². The number of rotatable bonds is 10. The van der Waals surface area contributed by atoms with Gasteiger partial charge in [-0.25, -0.2) is 19.2 Å². The fourth-order valence-electron chi connectivity index (χ4n) is 2.93. The standard InChI is InChI=1S/C22H8N6O10/c29-9-23-13-1-3-19(15(5-13)25-11-31)37-21-8-22(18(28(35)36)7-17(21)27(33)34)38-20-4-2-14(24-10-30)6-16(20)26-12-32/h1-8H. The Labute approximate surface area is 209 Å². The van der Waals surface area contributed by atoms with E-state index in [9.17, 15) is 39.4 Å². The Morgan fingerprint density at radius 3 is 1.29 bits per heavy atom. The van der Waals surface area contributed by atoms with Crippen molar-refractivity contribution in [1.82, 2.24) is 0 Å². The quantitative estimate of drug-likeness (QED) is 0.152. The Morgan fingerprint density at radius 2 is 0.947 bits per heavy atom. The van der Waals surface area contributed by atoms with Crippen LogP contribution in [0.3, 0.4) is 0 Å². The highest BCUT2D eigenvalue weighted by Gasteiger charge is 2.28. The van der Waals surface area contributed by atoms with Gasteiger partial charge in [-0.1, -0.05) is 0 Å². The van der Waals surface area contributed by atoms with Crippen molar-refractivity contribution in [3.8, 4) is 23.0 Å². The van der Waals surface area contributed by atoms with E-state index < -0.39 is 32.7 Å². The molecule has 0 fully saturated rings. The third-order valence-corrected chi connectivity index (χ3v) is 4.44. The number of aliphatic imine (C=N–C) groups is 4. The van der Waals surface area contributed by atoms with Gasteiger partial charge in [0, 0.05) is 6.07 Å². The molecule has 3 rings (SSSR count). The molecule has 0 saturated heterocycles. The van der Waals surface area contributed by atoms with Crippen molar-refractivity contribution in [2.24, 2.45) is 20.0 Å². The van der Waals surface area contributed by atoms with Crippen LogP contribution in [0.2, 0.25) is 0 Å². The molecule has 0 unspecified atom stereocenters. The van der Waals surface area contributed by atoms with Gasteiger partial charge >= 0.3 is 11.4 Å². The van der Waals surface area contributed by atoms with E-state index in [2.05, 4.69) is 20.0 Å². The maximum atomic E-state index is 11.7. The summed E-state index contributed by atoms with van der Waals surface area (Å²) >= 11 is 0. The summed E-state index contributed by atoms with van der Waals surface area (Å²) in [4.78, 5) is 77.6. The van der Waals surface area contributed by atoms with E-state index in [1.165, 1.54) is 48.6 Å². The van der Waals surface area contributed by atoms with E-state index in [4.69, 9.17) is 9.47 Å². The molecule has 0 saturated carbocycles. The van der Waals surface area contributed by atoms with Gasteiger partial charge in [-0.2, -0.15) is 20.0 Å². The van der Waals surface area contributed by atoms with Gasteiger partial charge in [-0.05, 0) is 36.4 Å². The van der Waals surface area contributed by atoms with Crippen molar-refractivity contribution in [1.29, 1.82) is 0 Å². The van der Waals surface area contributed by atoms with Crippen LogP contribution >= 0.6 is 0 Å². The van der Waals surface area contributed by atoms with Crippen LogP contribution in [0.1, 0.15) is 0 Å². The van der Waals surface area contributed by atoms with Crippen LogP contribution in [0.15, 0.2) is 68.5 Å². The molecule has 0 N–H and O–H groups in total. The first-order chi connectivity index (χ1) is 18.3. The van der Waals surface area contributed by atoms with Gasteiger partial charge < -0.3 is 9.47 Å². The first-order valence-electron chi connectivity index (χ1n) is 9.73. The van der Waals surface area contributed by atoms with Gasteiger partial charge in [0.15, 0.2) is 11.5 Å². The highest BCUT2D eigenvalue weighted by molar-refractivity contribution is 5.70. The number of nitro groups is 2. The Hall–Kier alpha value is -6.42. The number of carbonyl (C=O) groups excluding carboxylic acids is 4. The number of nitro benzene ring substituents is 2. The topological polar surface area (TPSA) is 222 Å². The minimum Gasteiger partial charge on any atom is -0.448 e. The van der Waals surface area contributed by atoms with E-state index in [-0.39, 0.29) is 34.2 Å². The fraction of sp³-hybridized carbons (Fsp3) is 0. The van der Waals surface area contributed by atoms with Gasteiger partial charge in [0.1, 0.15) is 17.4 Å². The van der Waals surface area contributed by atoms with E-state index >= 15 is 0 Å². The molecule has 0 aliphatic carbocycles. The second-order valence-electron chi connectivity index (χ2n) is 6.62. The zero-order valence-corrected chi connectivity index (χ0v) is 18.4. The molecular formula is C22H8N6O10. The molecule has 0 aliphatic rings. The molecule has 0 radical (unpaired) electrons. The molecule has 0 heterocycles. The van der Waals surface area contributed by atoms with Crippen molar-refractivity contribution >= 4 is 58.4 Å². The second kappa shape index (κ2) is 11.8. The minimum absolute atomic E-state index is 0.0224. The minimum atomic E-state index is -0.964. The smallest absolute Gasteiger partial charge is 0.318 e. The molecule has 3 aromatic carbocycles. The molecule has 0 spiro atoms. The number of benzene rings is 3. The van der Waals surface area contributed by atoms with Crippen LogP contribution in [0.4, 0.5) is 34.1 Å². The van der Waals surface area contributed by atoms with Crippen LogP contribution in [-0.4, -0.2) is 34.2 Å². The number of hydrogen-bond acceptors (Lipinski definition) is 14. The van der Waals surface area contributed by atoms with E-state index in [0.717, 1.165) is 18.2 Å². The average Bonchev–Trinajstić information content (AvgIpc) is 2.87. The van der Waals surface area contributed by atoms with Gasteiger partial charge in [0.05, 0.1) is 21.2 Å². The molecule has 0 amide bonds. The van der Waals surface area contributed by atoms with Crippen LogP contribution in [0.25, 0.3) is 0 Å². The predicted molar refractivity (Wildman–Crippen MR) is 124 cm³/mol. The largest absolute Gasteiger partial charge is 0.448 e. The summed E-state index contributed by atoms with van der Waals surface area (Å²) < 4.78 is 11.1. The Morgan fingerprint density at radius 1 is 0.553 bits per heavy atom. The first kappa shape index (κ1) is 26.2. The zero-order chi connectivity index (χ0) is 27.7. The highest BCUT2D eigenvalue weighted by atomic mass is 16.6. The summed E-state index contributed by atoms with van der Waals surface area (Å²) in [5.41, 5.74) is -2.15. The summed E-state index contributed by atoms with van der Waals surface area (Å²) in [5, 5.41) is 23.3. The lowest BCUT2D eigenvalue weighted by Crippen LogP contribution is -1.99. The van der Waals surface area contributed by atoms with Crippen molar-refractivity contribution in [3.63, 3.8) is 0 Å². The zero-order valence-electron chi connectivity index (χ0n) is 18.4. The number of ether oxygens (including phenoxy) is 2. The maximum absolute atomic E-state index is 11.7. The molecule has 0 aromatic heterocycles. The highest BCUT2D eigenvalue weighted by Crippen LogP contribution is 2.46. The van der Waals surface area contributed by atoms with Crippen molar-refractivity contribution in [2.75, 3.05) is 0 Å². The summed E-state index contributed by atoms with van der Waals surface area (Å²) in [5.74, 6) is -1.65. The van der Waals surface area contributed by atoms with E-state index in [0.29, 0.717) is 6.07 Å². The Kier molecular flexibility index (Phi) is 8.15. The number of hydrogen-bond donors (Lipinski definition) is 0. The Balaban J connectivity index is 2.19.